The predicted octanol–water partition coefficient (Wildman–Crippen LogP) is 5.91. The number of aromatic nitrogens is 2. The van der Waals surface area contributed by atoms with Crippen molar-refractivity contribution in [2.24, 2.45) is 0 Å². The standard InChI is InChI=1S/C15H10Cl2N2S.ClH/c1-9-4-5-18-7-12(9)15-19-14(8-20-15)11-3-2-10(16)6-13(11)17;/h2-8H,1H3;1H. The van der Waals surface area contributed by atoms with Gasteiger partial charge in [0.05, 0.1) is 10.7 Å². The number of rotatable bonds is 2. The Labute approximate surface area is 143 Å². The van der Waals surface area contributed by atoms with Crippen LogP contribution in [0, 0.1) is 6.92 Å². The maximum atomic E-state index is 6.22. The molecule has 0 saturated heterocycles. The number of hydrogen-bond donors (Lipinski definition) is 0. The van der Waals surface area contributed by atoms with E-state index >= 15 is 0 Å². The van der Waals surface area contributed by atoms with Crippen LogP contribution < -0.4 is 0 Å². The lowest BCUT2D eigenvalue weighted by Gasteiger charge is -2.02. The average Bonchev–Trinajstić information content (AvgIpc) is 2.88. The van der Waals surface area contributed by atoms with Crippen molar-refractivity contribution in [3.63, 3.8) is 0 Å². The molecule has 0 radical (unpaired) electrons. The fourth-order valence-corrected chi connectivity index (χ4v) is 3.31. The van der Waals surface area contributed by atoms with Crippen molar-refractivity contribution in [1.82, 2.24) is 9.97 Å². The summed E-state index contributed by atoms with van der Waals surface area (Å²) in [6, 6.07) is 7.41. The molecule has 0 spiro atoms. The van der Waals surface area contributed by atoms with Gasteiger partial charge in [-0.05, 0) is 36.8 Å². The van der Waals surface area contributed by atoms with Crippen LogP contribution in [0.5, 0.6) is 0 Å². The zero-order valence-electron chi connectivity index (χ0n) is 11.0. The smallest absolute Gasteiger partial charge is 0.125 e. The van der Waals surface area contributed by atoms with Crippen LogP contribution in [0.3, 0.4) is 0 Å². The molecule has 0 unspecified atom stereocenters. The Hall–Kier alpha value is -1.13. The van der Waals surface area contributed by atoms with Gasteiger partial charge >= 0.3 is 0 Å². The summed E-state index contributed by atoms with van der Waals surface area (Å²) in [6.07, 6.45) is 3.62. The lowest BCUT2D eigenvalue weighted by molar-refractivity contribution is 1.27. The number of pyridine rings is 1. The summed E-state index contributed by atoms with van der Waals surface area (Å²) < 4.78 is 0. The van der Waals surface area contributed by atoms with Crippen LogP contribution in [0.4, 0.5) is 0 Å². The van der Waals surface area contributed by atoms with E-state index in [0.717, 1.165) is 27.4 Å². The topological polar surface area (TPSA) is 25.8 Å². The van der Waals surface area contributed by atoms with Crippen molar-refractivity contribution in [2.75, 3.05) is 0 Å². The second-order valence-corrected chi connectivity index (χ2v) is 6.05. The Balaban J connectivity index is 0.00000161. The molecule has 21 heavy (non-hydrogen) atoms. The molecule has 2 nitrogen and oxygen atoms in total. The molecular weight excluding hydrogens is 347 g/mol. The third-order valence-electron chi connectivity index (χ3n) is 2.98. The van der Waals surface area contributed by atoms with E-state index in [1.165, 1.54) is 0 Å². The Morgan fingerprint density at radius 1 is 1.10 bits per heavy atom. The van der Waals surface area contributed by atoms with Gasteiger partial charge in [0.2, 0.25) is 0 Å². The van der Waals surface area contributed by atoms with Crippen LogP contribution in [0.1, 0.15) is 5.56 Å². The molecule has 3 rings (SSSR count). The fourth-order valence-electron chi connectivity index (χ4n) is 1.91. The zero-order chi connectivity index (χ0) is 14.1. The fraction of sp³-hybridized carbons (Fsp3) is 0.0667. The summed E-state index contributed by atoms with van der Waals surface area (Å²) in [7, 11) is 0. The van der Waals surface area contributed by atoms with Crippen LogP contribution in [0.15, 0.2) is 42.0 Å². The minimum Gasteiger partial charge on any atom is -0.264 e. The maximum absolute atomic E-state index is 6.22. The molecule has 0 atom stereocenters. The van der Waals surface area contributed by atoms with Gasteiger partial charge in [-0.3, -0.25) is 4.98 Å². The predicted molar refractivity (Wildman–Crippen MR) is 92.8 cm³/mol. The van der Waals surface area contributed by atoms with Gasteiger partial charge in [0.15, 0.2) is 0 Å². The van der Waals surface area contributed by atoms with Gasteiger partial charge in [-0.25, -0.2) is 4.98 Å². The van der Waals surface area contributed by atoms with Crippen molar-refractivity contribution in [3.8, 4) is 21.8 Å². The molecule has 0 aliphatic carbocycles. The molecule has 0 saturated carbocycles. The van der Waals surface area contributed by atoms with Gasteiger partial charge in [-0.1, -0.05) is 23.2 Å². The lowest BCUT2D eigenvalue weighted by Crippen LogP contribution is -1.85. The van der Waals surface area contributed by atoms with Gasteiger partial charge in [-0.15, -0.1) is 23.7 Å². The molecule has 0 bridgehead atoms. The normalized spacial score (nSPS) is 10.2. The Kier molecular flexibility index (Phi) is 5.22. The number of benzene rings is 1. The first-order valence-electron chi connectivity index (χ1n) is 5.97. The Bertz CT molecular complexity index is 771. The van der Waals surface area contributed by atoms with Gasteiger partial charge in [-0.2, -0.15) is 0 Å². The van der Waals surface area contributed by atoms with Crippen molar-refractivity contribution < 1.29 is 0 Å². The molecule has 3 aromatic rings. The number of thiazole rings is 1. The molecule has 1 aromatic carbocycles. The summed E-state index contributed by atoms with van der Waals surface area (Å²) in [5.41, 5.74) is 3.95. The van der Waals surface area contributed by atoms with Gasteiger partial charge < -0.3 is 0 Å². The van der Waals surface area contributed by atoms with E-state index in [9.17, 15) is 0 Å². The van der Waals surface area contributed by atoms with E-state index in [1.807, 2.05) is 36.7 Å². The average molecular weight is 358 g/mol. The van der Waals surface area contributed by atoms with E-state index in [2.05, 4.69) is 9.97 Å². The van der Waals surface area contributed by atoms with Crippen molar-refractivity contribution in [2.45, 2.75) is 6.92 Å². The molecule has 6 heteroatoms. The van der Waals surface area contributed by atoms with Crippen LogP contribution >= 0.6 is 46.9 Å². The van der Waals surface area contributed by atoms with Gasteiger partial charge in [0.1, 0.15) is 5.01 Å². The molecular formula is C15H11Cl3N2S. The molecule has 2 heterocycles. The lowest BCUT2D eigenvalue weighted by atomic mass is 10.1. The summed E-state index contributed by atoms with van der Waals surface area (Å²) in [5.74, 6) is 0. The van der Waals surface area contributed by atoms with Gasteiger partial charge in [0.25, 0.3) is 0 Å². The zero-order valence-corrected chi connectivity index (χ0v) is 14.2. The van der Waals surface area contributed by atoms with Crippen molar-refractivity contribution >= 4 is 46.9 Å². The van der Waals surface area contributed by atoms with E-state index in [4.69, 9.17) is 23.2 Å². The number of halogens is 3. The third kappa shape index (κ3) is 3.38. The van der Waals surface area contributed by atoms with E-state index < -0.39 is 0 Å². The first-order valence-corrected chi connectivity index (χ1v) is 7.60. The molecule has 0 fully saturated rings. The van der Waals surface area contributed by atoms with E-state index in [0.29, 0.717) is 10.0 Å². The van der Waals surface area contributed by atoms with Crippen molar-refractivity contribution in [3.05, 3.63) is 57.6 Å². The molecule has 0 amide bonds. The highest BCUT2D eigenvalue weighted by Crippen LogP contribution is 2.34. The summed E-state index contributed by atoms with van der Waals surface area (Å²) >= 11 is 13.7. The Morgan fingerprint density at radius 2 is 1.90 bits per heavy atom. The summed E-state index contributed by atoms with van der Waals surface area (Å²) in [4.78, 5) is 8.81. The van der Waals surface area contributed by atoms with Gasteiger partial charge in [0, 0.05) is 33.9 Å². The second-order valence-electron chi connectivity index (χ2n) is 4.35. The first-order chi connectivity index (χ1) is 9.65. The minimum atomic E-state index is 0. The van der Waals surface area contributed by atoms with Crippen LogP contribution in [-0.4, -0.2) is 9.97 Å². The third-order valence-corrected chi connectivity index (χ3v) is 4.40. The number of aryl methyl sites for hydroxylation is 1. The van der Waals surface area contributed by atoms with Crippen LogP contribution in [-0.2, 0) is 0 Å². The first kappa shape index (κ1) is 16.2. The molecule has 2 aromatic heterocycles. The quantitative estimate of drug-likeness (QED) is 0.570. The largest absolute Gasteiger partial charge is 0.264 e. The maximum Gasteiger partial charge on any atom is 0.125 e. The SMILES string of the molecule is Cc1ccncc1-c1nc(-c2ccc(Cl)cc2Cl)cs1.Cl. The molecule has 108 valence electrons. The Morgan fingerprint density at radius 3 is 2.62 bits per heavy atom. The second kappa shape index (κ2) is 6.75. The van der Waals surface area contributed by atoms with E-state index in [1.54, 1.807) is 23.6 Å². The number of nitrogens with zero attached hydrogens (tertiary/aromatic N) is 2. The summed E-state index contributed by atoms with van der Waals surface area (Å²) in [6.45, 7) is 2.05. The highest BCUT2D eigenvalue weighted by atomic mass is 35.5. The summed E-state index contributed by atoms with van der Waals surface area (Å²) in [5, 5.41) is 4.17. The highest BCUT2D eigenvalue weighted by molar-refractivity contribution is 7.13. The van der Waals surface area contributed by atoms with Crippen LogP contribution in [0.2, 0.25) is 10.0 Å². The van der Waals surface area contributed by atoms with E-state index in [-0.39, 0.29) is 12.4 Å². The highest BCUT2D eigenvalue weighted by Gasteiger charge is 2.11. The molecule has 0 aliphatic heterocycles. The minimum absolute atomic E-state index is 0. The number of hydrogen-bond acceptors (Lipinski definition) is 3. The van der Waals surface area contributed by atoms with Crippen molar-refractivity contribution in [1.29, 1.82) is 0 Å². The molecule has 0 N–H and O–H groups in total. The molecule has 0 aliphatic rings. The van der Waals surface area contributed by atoms with Crippen LogP contribution in [0.25, 0.3) is 21.8 Å². The monoisotopic (exact) mass is 356 g/mol.